The molecule has 156 valence electrons. The van der Waals surface area contributed by atoms with Crippen LogP contribution in [-0.4, -0.2) is 19.8 Å². The van der Waals surface area contributed by atoms with E-state index < -0.39 is 5.63 Å². The fraction of sp³-hybridized carbons (Fsp3) is 0.609. The maximum atomic E-state index is 12.3. The molecule has 5 nitrogen and oxygen atoms in total. The first-order valence-corrected chi connectivity index (χ1v) is 10.5. The number of fused-ring (bicyclic) bond motifs is 1. The van der Waals surface area contributed by atoms with Gasteiger partial charge in [-0.05, 0) is 32.4 Å². The third-order valence-corrected chi connectivity index (χ3v) is 4.62. The van der Waals surface area contributed by atoms with Crippen LogP contribution < -0.4 is 19.8 Å². The maximum Gasteiger partial charge on any atom is 0.383 e. The molecule has 0 atom stereocenters. The van der Waals surface area contributed by atoms with Crippen molar-refractivity contribution in [3.63, 3.8) is 0 Å². The number of para-hydroxylation sites is 1. The maximum absolute atomic E-state index is 12.3. The Morgan fingerprint density at radius 1 is 0.964 bits per heavy atom. The Hall–Kier alpha value is -2.17. The molecule has 0 unspecified atom stereocenters. The van der Waals surface area contributed by atoms with Crippen molar-refractivity contribution in [2.24, 2.45) is 0 Å². The van der Waals surface area contributed by atoms with Gasteiger partial charge in [-0.1, -0.05) is 57.9 Å². The lowest BCUT2D eigenvalue weighted by Gasteiger charge is -2.16. The molecule has 0 saturated carbocycles. The number of ether oxygens (including phenoxy) is 3. The summed E-state index contributed by atoms with van der Waals surface area (Å²) < 4.78 is 22.5. The van der Waals surface area contributed by atoms with Crippen molar-refractivity contribution < 1.29 is 18.6 Å². The van der Waals surface area contributed by atoms with E-state index in [1.807, 2.05) is 32.0 Å². The average Bonchev–Trinajstić information content (AvgIpc) is 2.67. The molecule has 0 N–H and O–H groups in total. The summed E-state index contributed by atoms with van der Waals surface area (Å²) in [6.07, 6.45) is 9.85. The molecule has 0 aliphatic heterocycles. The predicted molar refractivity (Wildman–Crippen MR) is 113 cm³/mol. The fourth-order valence-corrected chi connectivity index (χ4v) is 3.21. The first-order chi connectivity index (χ1) is 13.6. The molecule has 0 fully saturated rings. The number of rotatable bonds is 13. The Labute approximate surface area is 168 Å². The van der Waals surface area contributed by atoms with Gasteiger partial charge in [-0.15, -0.1) is 0 Å². The van der Waals surface area contributed by atoms with Crippen LogP contribution in [0, 0.1) is 0 Å². The van der Waals surface area contributed by atoms with Gasteiger partial charge in [-0.3, -0.25) is 0 Å². The van der Waals surface area contributed by atoms with E-state index in [9.17, 15) is 4.79 Å². The van der Waals surface area contributed by atoms with Crippen molar-refractivity contribution in [3.8, 4) is 17.2 Å². The van der Waals surface area contributed by atoms with E-state index in [2.05, 4.69) is 6.92 Å². The Morgan fingerprint density at radius 2 is 1.64 bits per heavy atom. The van der Waals surface area contributed by atoms with Crippen LogP contribution in [-0.2, 0) is 0 Å². The summed E-state index contributed by atoms with van der Waals surface area (Å²) in [6.45, 7) is 6.65. The van der Waals surface area contributed by atoms with Crippen molar-refractivity contribution in [1.82, 2.24) is 0 Å². The van der Waals surface area contributed by atoms with Gasteiger partial charge in [-0.25, -0.2) is 4.79 Å². The molecule has 0 saturated heterocycles. The topological polar surface area (TPSA) is 57.9 Å². The summed E-state index contributed by atoms with van der Waals surface area (Å²) in [5, 5.41) is 0.679. The second-order valence-electron chi connectivity index (χ2n) is 7.37. The largest absolute Gasteiger partial charge is 0.490 e. The van der Waals surface area contributed by atoms with E-state index in [0.717, 1.165) is 12.8 Å². The zero-order valence-electron chi connectivity index (χ0n) is 17.7. The minimum atomic E-state index is -0.561. The number of hydrogen-bond acceptors (Lipinski definition) is 5. The van der Waals surface area contributed by atoms with Gasteiger partial charge in [0.2, 0.25) is 5.75 Å². The van der Waals surface area contributed by atoms with Crippen LogP contribution in [0.2, 0.25) is 0 Å². The van der Waals surface area contributed by atoms with E-state index >= 15 is 0 Å². The van der Waals surface area contributed by atoms with Crippen molar-refractivity contribution >= 4 is 11.0 Å². The molecule has 0 bridgehead atoms. The van der Waals surface area contributed by atoms with Gasteiger partial charge in [0.15, 0.2) is 17.1 Å². The van der Waals surface area contributed by atoms with Gasteiger partial charge in [-0.2, -0.15) is 0 Å². The molecule has 0 spiro atoms. The molecular formula is C23H34O5. The molecule has 2 rings (SSSR count). The lowest BCUT2D eigenvalue weighted by molar-refractivity contribution is 0.228. The Balaban J connectivity index is 2.02. The molecule has 28 heavy (non-hydrogen) atoms. The quantitative estimate of drug-likeness (QED) is 0.305. The van der Waals surface area contributed by atoms with Gasteiger partial charge in [0.05, 0.1) is 25.2 Å². The molecule has 1 heterocycles. The Morgan fingerprint density at radius 3 is 2.29 bits per heavy atom. The fourth-order valence-electron chi connectivity index (χ4n) is 3.21. The van der Waals surface area contributed by atoms with Crippen LogP contribution in [0.5, 0.6) is 17.2 Å². The molecule has 1 aromatic heterocycles. The minimum absolute atomic E-state index is 0.0847. The zero-order chi connectivity index (χ0) is 20.4. The molecule has 0 aliphatic rings. The summed E-state index contributed by atoms with van der Waals surface area (Å²) >= 11 is 0. The predicted octanol–water partition coefficient (Wildman–Crippen LogP) is 6.11. The molecular weight excluding hydrogens is 356 g/mol. The van der Waals surface area contributed by atoms with E-state index in [4.69, 9.17) is 18.6 Å². The highest BCUT2D eigenvalue weighted by molar-refractivity contribution is 5.89. The summed E-state index contributed by atoms with van der Waals surface area (Å²) in [5.41, 5.74) is -0.155. The van der Waals surface area contributed by atoms with Crippen LogP contribution >= 0.6 is 0 Å². The molecule has 5 heteroatoms. The van der Waals surface area contributed by atoms with Crippen molar-refractivity contribution in [1.29, 1.82) is 0 Å². The third kappa shape index (κ3) is 6.18. The standard InChI is InChI=1S/C23H34O5/c1-5-6-7-8-9-10-11-12-16-26-19-15-13-14-18-20(19)28-23(24)22(25-4)21(18)27-17(2)3/h13-15,17H,5-12,16H2,1-4H3. The second-order valence-corrected chi connectivity index (χ2v) is 7.37. The monoisotopic (exact) mass is 390 g/mol. The molecule has 0 amide bonds. The van der Waals surface area contributed by atoms with Crippen LogP contribution in [0.15, 0.2) is 27.4 Å². The molecule has 1 aromatic carbocycles. The van der Waals surface area contributed by atoms with Gasteiger partial charge in [0.25, 0.3) is 0 Å². The van der Waals surface area contributed by atoms with Crippen molar-refractivity contribution in [2.75, 3.05) is 13.7 Å². The summed E-state index contributed by atoms with van der Waals surface area (Å²) in [7, 11) is 1.44. The lowest BCUT2D eigenvalue weighted by Crippen LogP contribution is -2.12. The lowest BCUT2D eigenvalue weighted by atomic mass is 10.1. The number of hydrogen-bond donors (Lipinski definition) is 0. The van der Waals surface area contributed by atoms with Gasteiger partial charge < -0.3 is 18.6 Å². The van der Waals surface area contributed by atoms with E-state index in [1.54, 1.807) is 0 Å². The minimum Gasteiger partial charge on any atom is -0.490 e. The number of methoxy groups -OCH3 is 1. The Kier molecular flexibility index (Phi) is 9.18. The van der Waals surface area contributed by atoms with Crippen molar-refractivity contribution in [3.05, 3.63) is 28.6 Å². The zero-order valence-corrected chi connectivity index (χ0v) is 17.7. The first-order valence-electron chi connectivity index (χ1n) is 10.5. The van der Waals surface area contributed by atoms with Crippen LogP contribution in [0.3, 0.4) is 0 Å². The summed E-state index contributed by atoms with van der Waals surface area (Å²) in [6, 6.07) is 5.54. The highest BCUT2D eigenvalue weighted by Gasteiger charge is 2.20. The van der Waals surface area contributed by atoms with E-state index in [1.165, 1.54) is 45.6 Å². The van der Waals surface area contributed by atoms with Gasteiger partial charge in [0.1, 0.15) is 0 Å². The van der Waals surface area contributed by atoms with Gasteiger partial charge in [0, 0.05) is 0 Å². The SMILES string of the molecule is CCCCCCCCCCOc1cccc2c(OC(C)C)c(OC)c(=O)oc12. The van der Waals surface area contributed by atoms with E-state index in [0.29, 0.717) is 29.1 Å². The molecule has 2 aromatic rings. The van der Waals surface area contributed by atoms with Crippen LogP contribution in [0.4, 0.5) is 0 Å². The Bertz CT molecular complexity index is 778. The summed E-state index contributed by atoms with van der Waals surface area (Å²) in [4.78, 5) is 12.3. The first kappa shape index (κ1) is 22.1. The highest BCUT2D eigenvalue weighted by atomic mass is 16.5. The van der Waals surface area contributed by atoms with Gasteiger partial charge >= 0.3 is 5.63 Å². The number of unbranched alkanes of at least 4 members (excludes halogenated alkanes) is 7. The molecule has 0 aliphatic carbocycles. The highest BCUT2D eigenvalue weighted by Crippen LogP contribution is 2.37. The molecule has 0 radical (unpaired) electrons. The van der Waals surface area contributed by atoms with Crippen molar-refractivity contribution in [2.45, 2.75) is 78.2 Å². The second kappa shape index (κ2) is 11.6. The number of benzene rings is 1. The normalized spacial score (nSPS) is 11.2. The smallest absolute Gasteiger partial charge is 0.383 e. The van der Waals surface area contributed by atoms with Crippen LogP contribution in [0.1, 0.15) is 72.1 Å². The average molecular weight is 391 g/mol. The third-order valence-electron chi connectivity index (χ3n) is 4.62. The summed E-state index contributed by atoms with van der Waals surface area (Å²) in [5.74, 6) is 1.05. The van der Waals surface area contributed by atoms with Crippen LogP contribution in [0.25, 0.3) is 11.0 Å². The van der Waals surface area contributed by atoms with E-state index in [-0.39, 0.29) is 11.9 Å².